The minimum atomic E-state index is -1.07. The SMILES string of the molecule is COc1ccc(C)c([C@]23CCN(CC4CC4)[C@H](C)[C@]2(O)CC2=C(C3)[NH2+]C(=O)C(C(=O)c3ccccc3)=C2)c1. The lowest BCUT2D eigenvalue weighted by atomic mass is 9.52. The van der Waals surface area contributed by atoms with Crippen LogP contribution in [0.3, 0.4) is 0 Å². The number of ketones is 1. The van der Waals surface area contributed by atoms with Crippen LogP contribution in [0.1, 0.15) is 60.5 Å². The normalized spacial score (nSPS) is 29.4. The molecule has 2 aliphatic heterocycles. The second-order valence-corrected chi connectivity index (χ2v) is 11.7. The number of likely N-dealkylation sites (tertiary alicyclic amines) is 1. The third-order valence-electron chi connectivity index (χ3n) is 9.58. The predicted molar refractivity (Wildman–Crippen MR) is 145 cm³/mol. The van der Waals surface area contributed by atoms with E-state index in [1.807, 2.05) is 24.3 Å². The van der Waals surface area contributed by atoms with Crippen molar-refractivity contribution >= 4 is 11.7 Å². The third-order valence-corrected chi connectivity index (χ3v) is 9.58. The molecule has 0 radical (unpaired) electrons. The molecule has 2 aromatic carbocycles. The van der Waals surface area contributed by atoms with Gasteiger partial charge in [-0.2, -0.15) is 0 Å². The molecule has 1 saturated carbocycles. The quantitative estimate of drug-likeness (QED) is 0.457. The average Bonchev–Trinajstić information content (AvgIpc) is 3.74. The van der Waals surface area contributed by atoms with Crippen molar-refractivity contribution in [1.82, 2.24) is 4.90 Å². The van der Waals surface area contributed by atoms with Crippen molar-refractivity contribution in [3.63, 3.8) is 0 Å². The Morgan fingerprint density at radius 2 is 1.92 bits per heavy atom. The van der Waals surface area contributed by atoms with Gasteiger partial charge in [-0.1, -0.05) is 36.4 Å². The molecule has 2 aliphatic carbocycles. The Morgan fingerprint density at radius 3 is 2.63 bits per heavy atom. The molecule has 4 aliphatic rings. The van der Waals surface area contributed by atoms with Gasteiger partial charge in [0.25, 0.3) is 0 Å². The Bertz CT molecular complexity index is 1360. The molecule has 198 valence electrons. The van der Waals surface area contributed by atoms with Crippen molar-refractivity contribution in [2.24, 2.45) is 5.92 Å². The molecule has 6 rings (SSSR count). The molecule has 2 fully saturated rings. The maximum Gasteiger partial charge on any atom is 0.351 e. The van der Waals surface area contributed by atoms with Gasteiger partial charge in [-0.05, 0) is 74.9 Å². The topological polar surface area (TPSA) is 83.4 Å². The van der Waals surface area contributed by atoms with Crippen molar-refractivity contribution in [3.05, 3.63) is 88.1 Å². The summed E-state index contributed by atoms with van der Waals surface area (Å²) in [6.45, 7) is 6.18. The Labute approximate surface area is 224 Å². The van der Waals surface area contributed by atoms with Crippen molar-refractivity contribution in [2.45, 2.75) is 63.0 Å². The van der Waals surface area contributed by atoms with E-state index in [0.717, 1.165) is 53.6 Å². The highest BCUT2D eigenvalue weighted by Gasteiger charge is 2.62. The van der Waals surface area contributed by atoms with Gasteiger partial charge < -0.3 is 9.84 Å². The second-order valence-electron chi connectivity index (χ2n) is 11.7. The Hall–Kier alpha value is -3.06. The first kappa shape index (κ1) is 25.2. The standard InChI is InChI=1S/C32H36N2O4/c1-20-9-12-25(38-3)16-27(20)31-13-14-34(19-22-10-11-22)21(2)32(31,37)17-24-15-26(30(36)33-28(24)18-31)29(35)23-7-5-4-6-8-23/h4-9,12,15-16,21-22,37H,10-11,13-14,17-19H2,1-3H3,(H,33,36)/p+1/t21-,31-,32-/m1/s1. The molecule has 6 nitrogen and oxygen atoms in total. The fourth-order valence-corrected chi connectivity index (χ4v) is 7.13. The van der Waals surface area contributed by atoms with E-state index in [4.69, 9.17) is 4.74 Å². The number of carbonyl (C=O) groups excluding carboxylic acids is 2. The van der Waals surface area contributed by atoms with Gasteiger partial charge in [0, 0.05) is 42.0 Å². The van der Waals surface area contributed by atoms with Crippen LogP contribution in [0.4, 0.5) is 0 Å². The molecule has 0 aromatic heterocycles. The summed E-state index contributed by atoms with van der Waals surface area (Å²) in [5, 5.41) is 14.5. The number of primary amides is 1. The Morgan fingerprint density at radius 1 is 1.16 bits per heavy atom. The summed E-state index contributed by atoms with van der Waals surface area (Å²) in [5.74, 6) is 0.980. The number of rotatable bonds is 6. The van der Waals surface area contributed by atoms with E-state index in [1.54, 1.807) is 30.6 Å². The zero-order valence-electron chi connectivity index (χ0n) is 22.5. The van der Waals surface area contributed by atoms with Crippen LogP contribution in [0.25, 0.3) is 0 Å². The molecule has 6 heteroatoms. The number of amides is 1. The van der Waals surface area contributed by atoms with Crippen molar-refractivity contribution in [3.8, 4) is 5.75 Å². The first-order valence-electron chi connectivity index (χ1n) is 13.8. The number of Topliss-reactive ketones (excluding diaryl/α,β-unsaturated/α-hetero) is 1. The van der Waals surface area contributed by atoms with Crippen LogP contribution in [0.5, 0.6) is 5.75 Å². The summed E-state index contributed by atoms with van der Waals surface area (Å²) >= 11 is 0. The number of allylic oxidation sites excluding steroid dienone is 2. The van der Waals surface area contributed by atoms with Crippen LogP contribution in [-0.2, 0) is 10.2 Å². The summed E-state index contributed by atoms with van der Waals surface area (Å²) < 4.78 is 5.61. The predicted octanol–water partition coefficient (Wildman–Crippen LogP) is 3.44. The number of nitrogens with zero attached hydrogens (tertiary/aromatic N) is 1. The largest absolute Gasteiger partial charge is 0.497 e. The highest BCUT2D eigenvalue weighted by atomic mass is 16.5. The van der Waals surface area contributed by atoms with Gasteiger partial charge in [-0.25, -0.2) is 10.1 Å². The molecule has 2 heterocycles. The van der Waals surface area contributed by atoms with E-state index in [2.05, 4.69) is 30.9 Å². The molecule has 3 N–H and O–H groups in total. The molecule has 3 atom stereocenters. The average molecular weight is 514 g/mol. The monoisotopic (exact) mass is 513 g/mol. The summed E-state index contributed by atoms with van der Waals surface area (Å²) in [6, 6.07) is 15.0. The summed E-state index contributed by atoms with van der Waals surface area (Å²) in [7, 11) is 1.67. The molecule has 0 spiro atoms. The summed E-state index contributed by atoms with van der Waals surface area (Å²) in [6.07, 6.45) is 6.05. The number of methoxy groups -OCH3 is 1. The highest BCUT2D eigenvalue weighted by Crippen LogP contribution is 2.56. The molecule has 38 heavy (non-hydrogen) atoms. The smallest absolute Gasteiger partial charge is 0.351 e. The number of piperidine rings is 1. The number of aryl methyl sites for hydroxylation is 1. The van der Waals surface area contributed by atoms with Crippen LogP contribution in [0.2, 0.25) is 0 Å². The number of quaternary nitrogens is 1. The number of nitrogens with two attached hydrogens (primary N) is 1. The molecule has 1 amide bonds. The van der Waals surface area contributed by atoms with Crippen LogP contribution in [-0.4, -0.2) is 53.5 Å². The van der Waals surface area contributed by atoms with Gasteiger partial charge in [0.1, 0.15) is 17.0 Å². The van der Waals surface area contributed by atoms with Gasteiger partial charge >= 0.3 is 5.91 Å². The van der Waals surface area contributed by atoms with Crippen molar-refractivity contribution < 1.29 is 24.7 Å². The van der Waals surface area contributed by atoms with Crippen LogP contribution >= 0.6 is 0 Å². The van der Waals surface area contributed by atoms with E-state index < -0.39 is 11.0 Å². The summed E-state index contributed by atoms with van der Waals surface area (Å²) in [4.78, 5) is 29.0. The number of hydrogen-bond donors (Lipinski definition) is 2. The van der Waals surface area contributed by atoms with Gasteiger partial charge in [0.15, 0.2) is 0 Å². The molecule has 1 saturated heterocycles. The van der Waals surface area contributed by atoms with Gasteiger partial charge in [-0.15, -0.1) is 0 Å². The fraction of sp³-hybridized carbons (Fsp3) is 0.438. The number of ether oxygens (including phenoxy) is 1. The van der Waals surface area contributed by atoms with E-state index in [9.17, 15) is 14.7 Å². The number of fused-ring (bicyclic) bond motifs is 1. The van der Waals surface area contributed by atoms with E-state index in [-0.39, 0.29) is 23.3 Å². The van der Waals surface area contributed by atoms with E-state index >= 15 is 0 Å². The van der Waals surface area contributed by atoms with Crippen molar-refractivity contribution in [2.75, 3.05) is 20.2 Å². The van der Waals surface area contributed by atoms with E-state index in [0.29, 0.717) is 18.4 Å². The van der Waals surface area contributed by atoms with Crippen LogP contribution in [0, 0.1) is 12.8 Å². The lowest BCUT2D eigenvalue weighted by molar-refractivity contribution is -0.522. The maximum absolute atomic E-state index is 13.3. The molecule has 0 unspecified atom stereocenters. The third kappa shape index (κ3) is 3.98. The second kappa shape index (κ2) is 9.30. The molecular formula is C32H37N2O4+. The lowest BCUT2D eigenvalue weighted by Gasteiger charge is -2.60. The number of aliphatic hydroxyl groups is 1. The first-order valence-corrected chi connectivity index (χ1v) is 13.8. The Balaban J connectivity index is 1.46. The lowest BCUT2D eigenvalue weighted by Crippen LogP contribution is -2.89. The molecule has 0 bridgehead atoms. The maximum atomic E-state index is 13.3. The highest BCUT2D eigenvalue weighted by molar-refractivity contribution is 6.24. The number of carbonyl (C=O) groups is 2. The zero-order valence-corrected chi connectivity index (χ0v) is 22.5. The minimum absolute atomic E-state index is 0.0733. The minimum Gasteiger partial charge on any atom is -0.497 e. The summed E-state index contributed by atoms with van der Waals surface area (Å²) in [5.41, 5.74) is 3.12. The number of hydrogen-bond acceptors (Lipinski definition) is 5. The Kier molecular flexibility index (Phi) is 6.17. The van der Waals surface area contributed by atoms with E-state index in [1.165, 1.54) is 12.8 Å². The molecule has 2 aromatic rings. The van der Waals surface area contributed by atoms with Crippen LogP contribution in [0.15, 0.2) is 71.5 Å². The zero-order chi connectivity index (χ0) is 26.7. The molecular weight excluding hydrogens is 476 g/mol. The van der Waals surface area contributed by atoms with Gasteiger partial charge in [0.2, 0.25) is 5.78 Å². The number of benzene rings is 2. The van der Waals surface area contributed by atoms with Gasteiger partial charge in [-0.3, -0.25) is 9.69 Å². The van der Waals surface area contributed by atoms with Crippen LogP contribution < -0.4 is 10.1 Å². The first-order chi connectivity index (χ1) is 18.3. The van der Waals surface area contributed by atoms with Crippen molar-refractivity contribution in [1.29, 1.82) is 0 Å². The van der Waals surface area contributed by atoms with Gasteiger partial charge in [0.05, 0.1) is 12.7 Å². The fourth-order valence-electron chi connectivity index (χ4n) is 7.13.